The van der Waals surface area contributed by atoms with Crippen LogP contribution < -0.4 is 15.4 Å². The van der Waals surface area contributed by atoms with Gasteiger partial charge in [-0.15, -0.1) is 16.8 Å². The molecule has 0 aliphatic heterocycles. The van der Waals surface area contributed by atoms with Crippen LogP contribution >= 0.6 is 11.8 Å². The third-order valence-electron chi connectivity index (χ3n) is 5.10. The lowest BCUT2D eigenvalue weighted by Crippen LogP contribution is -2.30. The van der Waals surface area contributed by atoms with Crippen molar-refractivity contribution in [1.29, 1.82) is 0 Å². The molecule has 178 valence electrons. The highest BCUT2D eigenvalue weighted by atomic mass is 32.2. The fourth-order valence-electron chi connectivity index (χ4n) is 3.34. The van der Waals surface area contributed by atoms with Crippen molar-refractivity contribution in [3.05, 3.63) is 78.1 Å². The molecule has 0 spiro atoms. The molecule has 3 rings (SSSR count). The lowest BCUT2D eigenvalue weighted by molar-refractivity contribution is -0.121. The Morgan fingerprint density at radius 1 is 1.15 bits per heavy atom. The third kappa shape index (κ3) is 6.71. The van der Waals surface area contributed by atoms with Gasteiger partial charge in [0.05, 0.1) is 25.3 Å². The molecule has 2 N–H and O–H groups in total. The molecule has 2 amide bonds. The van der Waals surface area contributed by atoms with E-state index in [9.17, 15) is 9.59 Å². The van der Waals surface area contributed by atoms with Crippen LogP contribution in [0.3, 0.4) is 0 Å². The summed E-state index contributed by atoms with van der Waals surface area (Å²) in [5.74, 6) is 1.27. The fourth-order valence-corrected chi connectivity index (χ4v) is 4.10. The predicted molar refractivity (Wildman–Crippen MR) is 134 cm³/mol. The Morgan fingerprint density at radius 3 is 2.56 bits per heavy atom. The quantitative estimate of drug-likeness (QED) is 0.319. The number of carbonyl (C=O) groups excluding carboxylic acids is 2. The SMILES string of the molecule is C=CCn1c(SCC(=O)Nc2ccccc2C)nnc1C(C)NC(=O)Cc1ccc(OC)cc1. The highest BCUT2D eigenvalue weighted by Crippen LogP contribution is 2.22. The van der Waals surface area contributed by atoms with Crippen LogP contribution in [0.5, 0.6) is 5.75 Å². The number of allylic oxidation sites excluding steroid dienone is 1. The third-order valence-corrected chi connectivity index (χ3v) is 6.06. The van der Waals surface area contributed by atoms with Crippen molar-refractivity contribution in [1.82, 2.24) is 20.1 Å². The second-order valence-electron chi connectivity index (χ2n) is 7.71. The molecule has 0 aliphatic carbocycles. The predicted octanol–water partition coefficient (Wildman–Crippen LogP) is 3.93. The molecule has 34 heavy (non-hydrogen) atoms. The molecule has 9 heteroatoms. The number of hydrogen-bond donors (Lipinski definition) is 2. The van der Waals surface area contributed by atoms with Crippen LogP contribution in [0.2, 0.25) is 0 Å². The first kappa shape index (κ1) is 25.0. The summed E-state index contributed by atoms with van der Waals surface area (Å²) in [4.78, 5) is 25.0. The van der Waals surface area contributed by atoms with Gasteiger partial charge in [0, 0.05) is 12.2 Å². The van der Waals surface area contributed by atoms with E-state index in [2.05, 4.69) is 27.4 Å². The number of carbonyl (C=O) groups is 2. The first-order valence-corrected chi connectivity index (χ1v) is 11.8. The van der Waals surface area contributed by atoms with E-state index in [4.69, 9.17) is 4.74 Å². The molecule has 0 radical (unpaired) electrons. The normalized spacial score (nSPS) is 11.5. The smallest absolute Gasteiger partial charge is 0.234 e. The Bertz CT molecular complexity index is 1140. The second kappa shape index (κ2) is 12.0. The number of nitrogens with one attached hydrogen (secondary N) is 2. The average molecular weight is 480 g/mol. The van der Waals surface area contributed by atoms with E-state index in [1.807, 2.05) is 66.9 Å². The average Bonchev–Trinajstić information content (AvgIpc) is 3.22. The first-order chi connectivity index (χ1) is 16.4. The molecule has 0 saturated heterocycles. The Balaban J connectivity index is 1.61. The molecule has 0 bridgehead atoms. The number of benzene rings is 2. The van der Waals surface area contributed by atoms with E-state index in [-0.39, 0.29) is 30.0 Å². The molecule has 0 saturated carbocycles. The molecule has 1 heterocycles. The number of amides is 2. The Hall–Kier alpha value is -3.59. The van der Waals surface area contributed by atoms with Crippen LogP contribution in [-0.2, 0) is 22.6 Å². The number of para-hydroxylation sites is 1. The van der Waals surface area contributed by atoms with Gasteiger partial charge in [-0.05, 0) is 43.2 Å². The summed E-state index contributed by atoms with van der Waals surface area (Å²) in [6, 6.07) is 14.6. The minimum absolute atomic E-state index is 0.127. The van der Waals surface area contributed by atoms with Crippen LogP contribution in [0.1, 0.15) is 29.9 Å². The van der Waals surface area contributed by atoms with Crippen molar-refractivity contribution < 1.29 is 14.3 Å². The minimum Gasteiger partial charge on any atom is -0.497 e. The molecule has 0 fully saturated rings. The summed E-state index contributed by atoms with van der Waals surface area (Å²) in [5, 5.41) is 15.0. The number of ether oxygens (including phenoxy) is 1. The van der Waals surface area contributed by atoms with Gasteiger partial charge >= 0.3 is 0 Å². The lowest BCUT2D eigenvalue weighted by atomic mass is 10.1. The molecular weight excluding hydrogens is 450 g/mol. The van der Waals surface area contributed by atoms with Crippen molar-refractivity contribution >= 4 is 29.3 Å². The van der Waals surface area contributed by atoms with E-state index < -0.39 is 0 Å². The maximum absolute atomic E-state index is 12.6. The van der Waals surface area contributed by atoms with Gasteiger partial charge in [0.1, 0.15) is 5.75 Å². The van der Waals surface area contributed by atoms with Crippen molar-refractivity contribution in [2.45, 2.75) is 38.0 Å². The molecule has 3 aromatic rings. The zero-order chi connectivity index (χ0) is 24.5. The zero-order valence-corrected chi connectivity index (χ0v) is 20.4. The molecule has 0 aliphatic rings. The van der Waals surface area contributed by atoms with E-state index in [0.29, 0.717) is 17.5 Å². The summed E-state index contributed by atoms with van der Waals surface area (Å²) in [5.41, 5.74) is 2.67. The molecule has 1 unspecified atom stereocenters. The van der Waals surface area contributed by atoms with Crippen molar-refractivity contribution in [3.63, 3.8) is 0 Å². The standard InChI is InChI=1S/C25H29N5O3S/c1-5-14-30-24(18(3)26-22(31)15-19-10-12-20(33-4)13-11-19)28-29-25(30)34-16-23(32)27-21-9-7-6-8-17(21)2/h5-13,18H,1,14-16H2,2-4H3,(H,26,31)(H,27,32). The number of rotatable bonds is 11. The minimum atomic E-state index is -0.367. The van der Waals surface area contributed by atoms with E-state index in [1.54, 1.807) is 13.2 Å². The molecule has 1 aromatic heterocycles. The van der Waals surface area contributed by atoms with Gasteiger partial charge in [0.2, 0.25) is 11.8 Å². The summed E-state index contributed by atoms with van der Waals surface area (Å²) >= 11 is 1.29. The Labute approximate surface area is 203 Å². The maximum atomic E-state index is 12.6. The number of methoxy groups -OCH3 is 1. The van der Waals surface area contributed by atoms with Gasteiger partial charge in [-0.25, -0.2) is 0 Å². The van der Waals surface area contributed by atoms with E-state index in [1.165, 1.54) is 11.8 Å². The number of thioether (sulfide) groups is 1. The van der Waals surface area contributed by atoms with Gasteiger partial charge in [-0.1, -0.05) is 48.2 Å². The largest absolute Gasteiger partial charge is 0.497 e. The molecule has 8 nitrogen and oxygen atoms in total. The Kier molecular flexibility index (Phi) is 8.86. The molecule has 2 aromatic carbocycles. The van der Waals surface area contributed by atoms with Crippen molar-refractivity contribution in [3.8, 4) is 5.75 Å². The van der Waals surface area contributed by atoms with Gasteiger partial charge in [-0.3, -0.25) is 9.59 Å². The number of aromatic nitrogens is 3. The maximum Gasteiger partial charge on any atom is 0.234 e. The van der Waals surface area contributed by atoms with Gasteiger partial charge in [0.15, 0.2) is 11.0 Å². The Morgan fingerprint density at radius 2 is 1.88 bits per heavy atom. The number of aryl methyl sites for hydroxylation is 1. The van der Waals surface area contributed by atoms with Crippen LogP contribution in [0.15, 0.2) is 66.3 Å². The topological polar surface area (TPSA) is 98.1 Å². The second-order valence-corrected chi connectivity index (χ2v) is 8.65. The van der Waals surface area contributed by atoms with Crippen LogP contribution in [-0.4, -0.2) is 39.4 Å². The number of hydrogen-bond acceptors (Lipinski definition) is 6. The molecule has 1 atom stereocenters. The van der Waals surface area contributed by atoms with Gasteiger partial charge < -0.3 is 19.9 Å². The highest BCUT2D eigenvalue weighted by Gasteiger charge is 2.20. The number of nitrogens with zero attached hydrogens (tertiary/aromatic N) is 3. The van der Waals surface area contributed by atoms with Crippen molar-refractivity contribution in [2.75, 3.05) is 18.2 Å². The van der Waals surface area contributed by atoms with Crippen LogP contribution in [0.4, 0.5) is 5.69 Å². The number of anilines is 1. The summed E-state index contributed by atoms with van der Waals surface area (Å²) in [6.45, 7) is 8.07. The zero-order valence-electron chi connectivity index (χ0n) is 19.6. The van der Waals surface area contributed by atoms with Crippen molar-refractivity contribution in [2.24, 2.45) is 0 Å². The van der Waals surface area contributed by atoms with Gasteiger partial charge in [-0.2, -0.15) is 0 Å². The van der Waals surface area contributed by atoms with E-state index >= 15 is 0 Å². The summed E-state index contributed by atoms with van der Waals surface area (Å²) < 4.78 is 7.01. The van der Waals surface area contributed by atoms with Gasteiger partial charge in [0.25, 0.3) is 0 Å². The van der Waals surface area contributed by atoms with Crippen LogP contribution in [0.25, 0.3) is 0 Å². The lowest BCUT2D eigenvalue weighted by Gasteiger charge is -2.15. The van der Waals surface area contributed by atoms with E-state index in [0.717, 1.165) is 22.6 Å². The van der Waals surface area contributed by atoms with Crippen LogP contribution in [0, 0.1) is 6.92 Å². The molecular formula is C25H29N5O3S. The summed E-state index contributed by atoms with van der Waals surface area (Å²) in [7, 11) is 1.60. The first-order valence-electron chi connectivity index (χ1n) is 10.9. The summed E-state index contributed by atoms with van der Waals surface area (Å²) in [6.07, 6.45) is 1.97. The highest BCUT2D eigenvalue weighted by molar-refractivity contribution is 7.99. The fraction of sp³-hybridized carbons (Fsp3) is 0.280. The monoisotopic (exact) mass is 479 g/mol.